The summed E-state index contributed by atoms with van der Waals surface area (Å²) in [5, 5.41) is 7.09. The Kier molecular flexibility index (Phi) is 5.95. The molecule has 0 fully saturated rings. The highest BCUT2D eigenvalue weighted by atomic mass is 16.5. The van der Waals surface area contributed by atoms with Crippen LogP contribution >= 0.6 is 0 Å². The molecule has 0 aliphatic rings. The van der Waals surface area contributed by atoms with Gasteiger partial charge in [-0.15, -0.1) is 0 Å². The number of carbonyl (C=O) groups excluding carboxylic acids is 1. The standard InChI is InChI=1S/C19H23N3O2/c1-5-6-7-10-14(2)24-18-12-9-8-11-17(18)20-19(23)16-13-22(4)21-15(16)3/h6-13H,5H2,1-4H3,(H,20,23)/b7-6-,14-10+. The molecule has 1 aromatic carbocycles. The second-order valence-electron chi connectivity index (χ2n) is 5.47. The van der Waals surface area contributed by atoms with Crippen molar-refractivity contribution < 1.29 is 9.53 Å². The van der Waals surface area contributed by atoms with E-state index in [9.17, 15) is 4.79 Å². The summed E-state index contributed by atoms with van der Waals surface area (Å²) in [6.07, 6.45) is 8.57. The molecule has 0 radical (unpaired) electrons. The number of benzene rings is 1. The lowest BCUT2D eigenvalue weighted by molar-refractivity contribution is 0.102. The van der Waals surface area contributed by atoms with Gasteiger partial charge in [0.25, 0.3) is 5.91 Å². The number of hydrogen-bond donors (Lipinski definition) is 1. The Bertz CT molecular complexity index is 773. The Labute approximate surface area is 142 Å². The van der Waals surface area contributed by atoms with Crippen molar-refractivity contribution >= 4 is 11.6 Å². The average Bonchev–Trinajstić information content (AvgIpc) is 2.88. The first kappa shape index (κ1) is 17.5. The van der Waals surface area contributed by atoms with Gasteiger partial charge in [0.05, 0.1) is 16.9 Å². The fraction of sp³-hybridized carbons (Fsp3) is 0.263. The van der Waals surface area contributed by atoms with Crippen molar-refractivity contribution in [2.75, 3.05) is 5.32 Å². The predicted molar refractivity (Wildman–Crippen MR) is 96.2 cm³/mol. The SMILES string of the molecule is CC/C=C\C=C(/C)Oc1ccccc1NC(=O)c1cn(C)nc1C. The number of aromatic nitrogens is 2. The number of nitrogens with one attached hydrogen (secondary N) is 1. The van der Waals surface area contributed by atoms with Crippen molar-refractivity contribution in [2.45, 2.75) is 27.2 Å². The van der Waals surface area contributed by atoms with E-state index in [2.05, 4.69) is 17.3 Å². The molecule has 5 nitrogen and oxygen atoms in total. The largest absolute Gasteiger partial charge is 0.460 e. The minimum absolute atomic E-state index is 0.204. The third-order valence-electron chi connectivity index (χ3n) is 3.37. The zero-order valence-electron chi connectivity index (χ0n) is 14.5. The normalized spacial score (nSPS) is 11.8. The molecule has 1 N–H and O–H groups in total. The smallest absolute Gasteiger partial charge is 0.259 e. The third-order valence-corrected chi connectivity index (χ3v) is 3.37. The maximum Gasteiger partial charge on any atom is 0.259 e. The topological polar surface area (TPSA) is 56.1 Å². The highest BCUT2D eigenvalue weighted by Crippen LogP contribution is 2.26. The van der Waals surface area contributed by atoms with E-state index < -0.39 is 0 Å². The number of amides is 1. The highest BCUT2D eigenvalue weighted by molar-refractivity contribution is 6.05. The Balaban J connectivity index is 2.17. The molecule has 0 saturated carbocycles. The number of rotatable bonds is 6. The molecule has 1 amide bonds. The van der Waals surface area contributed by atoms with Crippen molar-refractivity contribution in [3.05, 3.63) is 65.7 Å². The molecule has 0 saturated heterocycles. The molecule has 5 heteroatoms. The van der Waals surface area contributed by atoms with Crippen LogP contribution in [0.15, 0.2) is 54.4 Å². The summed E-state index contributed by atoms with van der Waals surface area (Å²) in [5.41, 5.74) is 1.86. The number of ether oxygens (including phenoxy) is 1. The number of aryl methyl sites for hydroxylation is 2. The van der Waals surface area contributed by atoms with Crippen LogP contribution in [0.1, 0.15) is 36.3 Å². The number of nitrogens with zero attached hydrogens (tertiary/aromatic N) is 2. The van der Waals surface area contributed by atoms with Crippen molar-refractivity contribution in [3.8, 4) is 5.75 Å². The van der Waals surface area contributed by atoms with Gasteiger partial charge in [-0.2, -0.15) is 5.10 Å². The van der Waals surface area contributed by atoms with Gasteiger partial charge < -0.3 is 10.1 Å². The molecule has 0 bridgehead atoms. The van der Waals surface area contributed by atoms with E-state index in [-0.39, 0.29) is 5.91 Å². The first-order valence-corrected chi connectivity index (χ1v) is 7.93. The molecular formula is C19H23N3O2. The molecule has 0 aliphatic heterocycles. The lowest BCUT2D eigenvalue weighted by atomic mass is 10.2. The molecule has 1 heterocycles. The summed E-state index contributed by atoms with van der Waals surface area (Å²) in [7, 11) is 1.79. The number of anilines is 1. The van der Waals surface area contributed by atoms with E-state index in [1.54, 1.807) is 17.9 Å². The molecular weight excluding hydrogens is 302 g/mol. The number of allylic oxidation sites excluding steroid dienone is 4. The summed E-state index contributed by atoms with van der Waals surface area (Å²) >= 11 is 0. The van der Waals surface area contributed by atoms with E-state index in [0.717, 1.165) is 12.2 Å². The Morgan fingerprint density at radius 2 is 2.12 bits per heavy atom. The molecule has 24 heavy (non-hydrogen) atoms. The van der Waals surface area contributed by atoms with Gasteiger partial charge in [-0.3, -0.25) is 9.48 Å². The van der Waals surface area contributed by atoms with E-state index in [1.165, 1.54) is 0 Å². The molecule has 0 spiro atoms. The first-order chi connectivity index (χ1) is 11.5. The van der Waals surface area contributed by atoms with Gasteiger partial charge in [0.15, 0.2) is 0 Å². The van der Waals surface area contributed by atoms with Gasteiger partial charge in [-0.05, 0) is 38.5 Å². The maximum absolute atomic E-state index is 12.5. The van der Waals surface area contributed by atoms with Gasteiger partial charge in [0.2, 0.25) is 0 Å². The fourth-order valence-electron chi connectivity index (χ4n) is 2.22. The Hall–Kier alpha value is -2.82. The van der Waals surface area contributed by atoms with Gasteiger partial charge in [0.1, 0.15) is 11.5 Å². The van der Waals surface area contributed by atoms with Crippen LogP contribution in [-0.4, -0.2) is 15.7 Å². The first-order valence-electron chi connectivity index (χ1n) is 7.93. The van der Waals surface area contributed by atoms with Crippen LogP contribution in [0, 0.1) is 6.92 Å². The van der Waals surface area contributed by atoms with Gasteiger partial charge in [0, 0.05) is 13.2 Å². The van der Waals surface area contributed by atoms with E-state index in [4.69, 9.17) is 4.74 Å². The van der Waals surface area contributed by atoms with Gasteiger partial charge in [-0.25, -0.2) is 0 Å². The highest BCUT2D eigenvalue weighted by Gasteiger charge is 2.14. The van der Waals surface area contributed by atoms with E-state index in [0.29, 0.717) is 22.7 Å². The lowest BCUT2D eigenvalue weighted by Crippen LogP contribution is -2.13. The fourth-order valence-corrected chi connectivity index (χ4v) is 2.22. The zero-order chi connectivity index (χ0) is 17.5. The third kappa shape index (κ3) is 4.59. The van der Waals surface area contributed by atoms with Gasteiger partial charge >= 0.3 is 0 Å². The van der Waals surface area contributed by atoms with Crippen molar-refractivity contribution in [3.63, 3.8) is 0 Å². The number of para-hydroxylation sites is 2. The number of hydrogen-bond acceptors (Lipinski definition) is 3. The molecule has 126 valence electrons. The lowest BCUT2D eigenvalue weighted by Gasteiger charge is -2.12. The van der Waals surface area contributed by atoms with Crippen LogP contribution in [0.2, 0.25) is 0 Å². The molecule has 1 aromatic heterocycles. The zero-order valence-corrected chi connectivity index (χ0v) is 14.5. The molecule has 0 atom stereocenters. The Morgan fingerprint density at radius 3 is 2.79 bits per heavy atom. The summed E-state index contributed by atoms with van der Waals surface area (Å²) in [6, 6.07) is 7.37. The molecule has 2 rings (SSSR count). The van der Waals surface area contributed by atoms with Crippen molar-refractivity contribution in [2.24, 2.45) is 7.05 Å². The van der Waals surface area contributed by atoms with Crippen LogP contribution in [0.5, 0.6) is 5.75 Å². The molecule has 2 aromatic rings. The van der Waals surface area contributed by atoms with Crippen molar-refractivity contribution in [1.82, 2.24) is 9.78 Å². The second-order valence-corrected chi connectivity index (χ2v) is 5.47. The second kappa shape index (κ2) is 8.15. The number of carbonyl (C=O) groups is 1. The summed E-state index contributed by atoms with van der Waals surface area (Å²) in [5.74, 6) is 1.15. The Morgan fingerprint density at radius 1 is 1.38 bits per heavy atom. The minimum Gasteiger partial charge on any atom is -0.460 e. The molecule has 0 unspecified atom stereocenters. The van der Waals surface area contributed by atoms with E-state index >= 15 is 0 Å². The monoisotopic (exact) mass is 325 g/mol. The van der Waals surface area contributed by atoms with Crippen LogP contribution in [0.4, 0.5) is 5.69 Å². The average molecular weight is 325 g/mol. The van der Waals surface area contributed by atoms with Gasteiger partial charge in [-0.1, -0.05) is 31.2 Å². The van der Waals surface area contributed by atoms with Crippen LogP contribution < -0.4 is 10.1 Å². The quantitative estimate of drug-likeness (QED) is 0.639. The van der Waals surface area contributed by atoms with Crippen LogP contribution in [0.25, 0.3) is 0 Å². The summed E-state index contributed by atoms with van der Waals surface area (Å²) in [4.78, 5) is 12.5. The van der Waals surface area contributed by atoms with E-state index in [1.807, 2.05) is 56.3 Å². The maximum atomic E-state index is 12.5. The minimum atomic E-state index is -0.204. The molecule has 0 aliphatic carbocycles. The van der Waals surface area contributed by atoms with Crippen LogP contribution in [0.3, 0.4) is 0 Å². The predicted octanol–water partition coefficient (Wildman–Crippen LogP) is 4.23. The summed E-state index contributed by atoms with van der Waals surface area (Å²) < 4.78 is 7.46. The summed E-state index contributed by atoms with van der Waals surface area (Å²) in [6.45, 7) is 5.76. The van der Waals surface area contributed by atoms with Crippen LogP contribution in [-0.2, 0) is 7.05 Å². The van der Waals surface area contributed by atoms with Crippen molar-refractivity contribution in [1.29, 1.82) is 0 Å².